The van der Waals surface area contributed by atoms with E-state index in [1.54, 1.807) is 23.0 Å². The molecule has 0 fully saturated rings. The molecule has 0 atom stereocenters. The highest BCUT2D eigenvalue weighted by Crippen LogP contribution is 2.20. The number of benzene rings is 2. The number of nitrogens with zero attached hydrogens (tertiary/aromatic N) is 2. The Hall–Kier alpha value is -4.01. The van der Waals surface area contributed by atoms with Crippen LogP contribution in [0.15, 0.2) is 71.4 Å². The first-order chi connectivity index (χ1) is 15.0. The number of halogens is 3. The van der Waals surface area contributed by atoms with Gasteiger partial charge in [0.2, 0.25) is 0 Å². The summed E-state index contributed by atoms with van der Waals surface area (Å²) in [5.74, 6) is -2.20. The molecule has 0 unspecified atom stereocenters. The van der Waals surface area contributed by atoms with Crippen molar-refractivity contribution in [2.24, 2.45) is 0 Å². The topological polar surface area (TPSA) is 69.3 Å². The molecule has 0 aliphatic heterocycles. The third-order valence-corrected chi connectivity index (χ3v) is 4.27. The second-order valence-electron chi connectivity index (χ2n) is 6.64. The molecule has 0 saturated heterocycles. The zero-order chi connectivity index (χ0) is 21.8. The highest BCUT2D eigenvalue weighted by atomic mass is 19.1. The van der Waals surface area contributed by atoms with Crippen LogP contribution in [0.4, 0.5) is 18.9 Å². The number of amides is 1. The molecule has 6 nitrogen and oxygen atoms in total. The van der Waals surface area contributed by atoms with Crippen LogP contribution in [0, 0.1) is 17.5 Å². The maximum Gasteiger partial charge on any atom is 0.291 e. The van der Waals surface area contributed by atoms with E-state index in [-0.39, 0.29) is 29.7 Å². The van der Waals surface area contributed by atoms with E-state index in [0.29, 0.717) is 18.3 Å². The number of hydrogen-bond acceptors (Lipinski definition) is 4. The lowest BCUT2D eigenvalue weighted by Gasteiger charge is -2.05. The maximum absolute atomic E-state index is 13.6. The number of carbonyl (C=O) groups is 1. The summed E-state index contributed by atoms with van der Waals surface area (Å²) in [6, 6.07) is 12.1. The van der Waals surface area contributed by atoms with Gasteiger partial charge in [-0.25, -0.2) is 13.2 Å². The number of rotatable bonds is 7. The van der Waals surface area contributed by atoms with E-state index in [4.69, 9.17) is 9.15 Å². The molecule has 1 amide bonds. The normalized spacial score (nSPS) is 10.8. The fourth-order valence-corrected chi connectivity index (χ4v) is 2.85. The van der Waals surface area contributed by atoms with E-state index in [1.165, 1.54) is 36.5 Å². The number of hydrogen-bond donors (Lipinski definition) is 1. The second kappa shape index (κ2) is 8.78. The van der Waals surface area contributed by atoms with Gasteiger partial charge in [0.15, 0.2) is 17.3 Å². The monoisotopic (exact) mass is 427 g/mol. The molecule has 2 aromatic carbocycles. The second-order valence-corrected chi connectivity index (χ2v) is 6.64. The summed E-state index contributed by atoms with van der Waals surface area (Å²) in [5, 5.41) is 6.78. The summed E-state index contributed by atoms with van der Waals surface area (Å²) < 4.78 is 52.0. The average molecular weight is 427 g/mol. The molecule has 31 heavy (non-hydrogen) atoms. The van der Waals surface area contributed by atoms with E-state index in [0.717, 1.165) is 11.6 Å². The molecule has 2 heterocycles. The number of anilines is 1. The zero-order valence-corrected chi connectivity index (χ0v) is 16.0. The van der Waals surface area contributed by atoms with E-state index in [1.807, 2.05) is 0 Å². The third kappa shape index (κ3) is 5.13. The lowest BCUT2D eigenvalue weighted by molar-refractivity contribution is 0.0992. The molecule has 2 aromatic heterocycles. The van der Waals surface area contributed by atoms with E-state index in [9.17, 15) is 18.0 Å². The molecule has 1 N–H and O–H groups in total. The van der Waals surface area contributed by atoms with E-state index >= 15 is 0 Å². The minimum atomic E-state index is -0.834. The van der Waals surface area contributed by atoms with Gasteiger partial charge in [0.25, 0.3) is 5.91 Å². The molecule has 9 heteroatoms. The van der Waals surface area contributed by atoms with Crippen molar-refractivity contribution in [3.8, 4) is 5.75 Å². The Morgan fingerprint density at radius 3 is 2.71 bits per heavy atom. The van der Waals surface area contributed by atoms with Crippen LogP contribution >= 0.6 is 0 Å². The molecule has 0 aliphatic carbocycles. The molecule has 0 radical (unpaired) electrons. The number of furan rings is 1. The Morgan fingerprint density at radius 1 is 1.06 bits per heavy atom. The number of aromatic nitrogens is 2. The Labute approximate surface area is 174 Å². The van der Waals surface area contributed by atoms with Crippen LogP contribution in [-0.4, -0.2) is 15.7 Å². The standard InChI is InChI=1S/C22H16F3N3O3/c23-15-3-1-2-14(8-15)11-28-12-17(10-26-28)27-22(29)21-7-5-18(31-21)13-30-20-6-4-16(24)9-19(20)25/h1-10,12H,11,13H2,(H,27,29). The van der Waals surface area contributed by atoms with Gasteiger partial charge < -0.3 is 14.5 Å². The predicted octanol–water partition coefficient (Wildman–Crippen LogP) is 4.77. The number of nitrogens with one attached hydrogen (secondary N) is 1. The van der Waals surface area contributed by atoms with Gasteiger partial charge in [-0.1, -0.05) is 12.1 Å². The average Bonchev–Trinajstić information content (AvgIpc) is 3.37. The van der Waals surface area contributed by atoms with Crippen molar-refractivity contribution in [3.05, 3.63) is 102 Å². The summed E-state index contributed by atoms with van der Waals surface area (Å²) in [7, 11) is 0. The first-order valence-corrected chi connectivity index (χ1v) is 9.21. The van der Waals surface area contributed by atoms with Crippen LogP contribution in [0.25, 0.3) is 0 Å². The Morgan fingerprint density at radius 2 is 1.90 bits per heavy atom. The van der Waals surface area contributed by atoms with Crippen molar-refractivity contribution in [2.75, 3.05) is 5.32 Å². The molecule has 4 aromatic rings. The number of carbonyl (C=O) groups excluding carboxylic acids is 1. The largest absolute Gasteiger partial charge is 0.483 e. The Kier molecular flexibility index (Phi) is 5.74. The molecular formula is C22H16F3N3O3. The molecule has 4 rings (SSSR count). The summed E-state index contributed by atoms with van der Waals surface area (Å²) in [6.07, 6.45) is 3.06. The lowest BCUT2D eigenvalue weighted by atomic mass is 10.2. The molecular weight excluding hydrogens is 411 g/mol. The smallest absolute Gasteiger partial charge is 0.291 e. The van der Waals surface area contributed by atoms with Gasteiger partial charge in [-0.15, -0.1) is 0 Å². The molecule has 0 saturated carbocycles. The Balaban J connectivity index is 1.34. The Bertz CT molecular complexity index is 1220. The third-order valence-electron chi connectivity index (χ3n) is 4.27. The maximum atomic E-state index is 13.6. The van der Waals surface area contributed by atoms with Crippen molar-refractivity contribution in [2.45, 2.75) is 13.2 Å². The van der Waals surface area contributed by atoms with Gasteiger partial charge in [-0.3, -0.25) is 9.48 Å². The van der Waals surface area contributed by atoms with Gasteiger partial charge in [0, 0.05) is 12.3 Å². The highest BCUT2D eigenvalue weighted by molar-refractivity contribution is 6.02. The van der Waals surface area contributed by atoms with Gasteiger partial charge in [-0.05, 0) is 42.0 Å². The molecule has 0 aliphatic rings. The van der Waals surface area contributed by atoms with Gasteiger partial charge in [-0.2, -0.15) is 5.10 Å². The van der Waals surface area contributed by atoms with Crippen molar-refractivity contribution in [1.29, 1.82) is 0 Å². The minimum absolute atomic E-state index is 0.0241. The highest BCUT2D eigenvalue weighted by Gasteiger charge is 2.14. The van der Waals surface area contributed by atoms with Crippen LogP contribution < -0.4 is 10.1 Å². The van der Waals surface area contributed by atoms with Crippen molar-refractivity contribution >= 4 is 11.6 Å². The van der Waals surface area contributed by atoms with Crippen molar-refractivity contribution in [1.82, 2.24) is 9.78 Å². The summed E-state index contributed by atoms with van der Waals surface area (Å²) in [4.78, 5) is 12.4. The van der Waals surface area contributed by atoms with E-state index in [2.05, 4.69) is 10.4 Å². The summed E-state index contributed by atoms with van der Waals surface area (Å²) in [6.45, 7) is 0.206. The van der Waals surface area contributed by atoms with Crippen LogP contribution in [0.5, 0.6) is 5.75 Å². The quantitative estimate of drug-likeness (QED) is 0.461. The summed E-state index contributed by atoms with van der Waals surface area (Å²) in [5.41, 5.74) is 1.17. The van der Waals surface area contributed by atoms with Crippen molar-refractivity contribution < 1.29 is 27.1 Å². The van der Waals surface area contributed by atoms with Crippen LogP contribution in [0.1, 0.15) is 21.9 Å². The zero-order valence-electron chi connectivity index (χ0n) is 16.0. The predicted molar refractivity (Wildman–Crippen MR) is 105 cm³/mol. The fraction of sp³-hybridized carbons (Fsp3) is 0.0909. The summed E-state index contributed by atoms with van der Waals surface area (Å²) >= 11 is 0. The van der Waals surface area contributed by atoms with E-state index < -0.39 is 17.5 Å². The molecule has 0 spiro atoms. The molecule has 158 valence electrons. The van der Waals surface area contributed by atoms with Gasteiger partial charge >= 0.3 is 0 Å². The van der Waals surface area contributed by atoms with Gasteiger partial charge in [0.05, 0.1) is 18.4 Å². The van der Waals surface area contributed by atoms with Crippen LogP contribution in [-0.2, 0) is 13.2 Å². The van der Waals surface area contributed by atoms with Crippen molar-refractivity contribution in [3.63, 3.8) is 0 Å². The first kappa shape index (κ1) is 20.3. The molecule has 0 bridgehead atoms. The van der Waals surface area contributed by atoms with Crippen LogP contribution in [0.3, 0.4) is 0 Å². The fourth-order valence-electron chi connectivity index (χ4n) is 2.85. The number of ether oxygens (including phenoxy) is 1. The lowest BCUT2D eigenvalue weighted by Crippen LogP contribution is -2.10. The van der Waals surface area contributed by atoms with Crippen LogP contribution in [0.2, 0.25) is 0 Å². The minimum Gasteiger partial charge on any atom is -0.483 e. The van der Waals surface area contributed by atoms with Gasteiger partial charge in [0.1, 0.15) is 24.0 Å². The first-order valence-electron chi connectivity index (χ1n) is 9.21. The SMILES string of the molecule is O=C(Nc1cnn(Cc2cccc(F)c2)c1)c1ccc(COc2ccc(F)cc2F)o1.